The SMILES string of the molecule is CNC.c1ccc2c(c1)Cc1ccccc1-2. The van der Waals surface area contributed by atoms with Crippen LogP contribution in [0.25, 0.3) is 11.1 Å². The van der Waals surface area contributed by atoms with Gasteiger partial charge in [0.25, 0.3) is 0 Å². The average molecular weight is 211 g/mol. The van der Waals surface area contributed by atoms with Crippen molar-refractivity contribution in [2.24, 2.45) is 0 Å². The summed E-state index contributed by atoms with van der Waals surface area (Å²) in [6.07, 6.45) is 1.10. The second-order valence-corrected chi connectivity index (χ2v) is 3.99. The molecule has 0 fully saturated rings. The summed E-state index contributed by atoms with van der Waals surface area (Å²) in [7, 11) is 3.75. The number of nitrogens with one attached hydrogen (secondary N) is 1. The smallest absolute Gasteiger partial charge is 0.00135 e. The molecule has 0 bridgehead atoms. The molecule has 2 aromatic rings. The predicted octanol–water partition coefficient (Wildman–Crippen LogP) is 3.09. The fraction of sp³-hybridized carbons (Fsp3) is 0.200. The normalized spacial score (nSPS) is 11.1. The first-order valence-corrected chi connectivity index (χ1v) is 5.61. The van der Waals surface area contributed by atoms with Crippen LogP contribution in [0.1, 0.15) is 11.1 Å². The fourth-order valence-corrected chi connectivity index (χ4v) is 2.08. The maximum Gasteiger partial charge on any atom is -0.00135 e. The molecule has 0 heterocycles. The molecule has 2 aromatic carbocycles. The van der Waals surface area contributed by atoms with Crippen LogP contribution in [-0.4, -0.2) is 14.1 Å². The Morgan fingerprint density at radius 2 is 1.12 bits per heavy atom. The van der Waals surface area contributed by atoms with Crippen LogP contribution in [-0.2, 0) is 6.42 Å². The van der Waals surface area contributed by atoms with Gasteiger partial charge in [-0.25, -0.2) is 0 Å². The van der Waals surface area contributed by atoms with Gasteiger partial charge in [0, 0.05) is 0 Å². The van der Waals surface area contributed by atoms with Crippen molar-refractivity contribution >= 4 is 0 Å². The van der Waals surface area contributed by atoms with Crippen LogP contribution in [0.15, 0.2) is 48.5 Å². The van der Waals surface area contributed by atoms with E-state index in [0.29, 0.717) is 0 Å². The van der Waals surface area contributed by atoms with Gasteiger partial charge in [-0.2, -0.15) is 0 Å². The van der Waals surface area contributed by atoms with E-state index in [1.165, 1.54) is 22.3 Å². The summed E-state index contributed by atoms with van der Waals surface area (Å²) in [5.41, 5.74) is 5.75. The van der Waals surface area contributed by atoms with E-state index in [9.17, 15) is 0 Å². The summed E-state index contributed by atoms with van der Waals surface area (Å²) in [5.74, 6) is 0. The Kier molecular flexibility index (Phi) is 3.37. The van der Waals surface area contributed by atoms with Gasteiger partial charge >= 0.3 is 0 Å². The van der Waals surface area contributed by atoms with Crippen molar-refractivity contribution in [1.29, 1.82) is 0 Å². The lowest BCUT2D eigenvalue weighted by Crippen LogP contribution is -1.89. The minimum atomic E-state index is 1.10. The number of hydrogen-bond acceptors (Lipinski definition) is 1. The topological polar surface area (TPSA) is 12.0 Å². The van der Waals surface area contributed by atoms with Crippen molar-refractivity contribution in [2.45, 2.75) is 6.42 Å². The van der Waals surface area contributed by atoms with E-state index in [1.54, 1.807) is 0 Å². The second-order valence-electron chi connectivity index (χ2n) is 3.99. The molecule has 1 aliphatic carbocycles. The van der Waals surface area contributed by atoms with Gasteiger partial charge in [0.05, 0.1) is 0 Å². The second kappa shape index (κ2) is 4.95. The van der Waals surface area contributed by atoms with E-state index < -0.39 is 0 Å². The molecule has 82 valence electrons. The summed E-state index contributed by atoms with van der Waals surface area (Å²) in [6, 6.07) is 17.3. The van der Waals surface area contributed by atoms with E-state index in [2.05, 4.69) is 53.8 Å². The van der Waals surface area contributed by atoms with Crippen LogP contribution in [0.2, 0.25) is 0 Å². The Morgan fingerprint density at radius 1 is 0.750 bits per heavy atom. The molecule has 1 N–H and O–H groups in total. The van der Waals surface area contributed by atoms with Crippen molar-refractivity contribution in [3.8, 4) is 11.1 Å². The van der Waals surface area contributed by atoms with Crippen LogP contribution in [0.5, 0.6) is 0 Å². The van der Waals surface area contributed by atoms with Crippen molar-refractivity contribution in [2.75, 3.05) is 14.1 Å². The molecule has 0 saturated heterocycles. The summed E-state index contributed by atoms with van der Waals surface area (Å²) >= 11 is 0. The zero-order valence-electron chi connectivity index (χ0n) is 9.83. The van der Waals surface area contributed by atoms with Crippen molar-refractivity contribution in [1.82, 2.24) is 5.32 Å². The molecule has 3 rings (SSSR count). The van der Waals surface area contributed by atoms with Gasteiger partial charge in [0.1, 0.15) is 0 Å². The summed E-state index contributed by atoms with van der Waals surface area (Å²) < 4.78 is 0. The third-order valence-corrected chi connectivity index (χ3v) is 2.71. The lowest BCUT2D eigenvalue weighted by atomic mass is 10.1. The molecule has 1 heteroatoms. The molecular formula is C15H17N. The van der Waals surface area contributed by atoms with Gasteiger partial charge < -0.3 is 5.32 Å². The molecule has 1 nitrogen and oxygen atoms in total. The molecule has 0 aromatic heterocycles. The highest BCUT2D eigenvalue weighted by Crippen LogP contribution is 2.35. The highest BCUT2D eigenvalue weighted by Gasteiger charge is 2.15. The third kappa shape index (κ3) is 2.00. The van der Waals surface area contributed by atoms with Crippen LogP contribution in [0, 0.1) is 0 Å². The maximum atomic E-state index is 2.75. The Morgan fingerprint density at radius 3 is 1.56 bits per heavy atom. The van der Waals surface area contributed by atoms with Crippen LogP contribution >= 0.6 is 0 Å². The predicted molar refractivity (Wildman–Crippen MR) is 69.7 cm³/mol. The fourth-order valence-electron chi connectivity index (χ4n) is 2.08. The van der Waals surface area contributed by atoms with E-state index in [4.69, 9.17) is 0 Å². The lowest BCUT2D eigenvalue weighted by Gasteiger charge is -1.98. The molecule has 0 aliphatic heterocycles. The van der Waals surface area contributed by atoms with E-state index in [-0.39, 0.29) is 0 Å². The first-order chi connectivity index (χ1) is 7.86. The van der Waals surface area contributed by atoms with Crippen LogP contribution < -0.4 is 5.32 Å². The molecule has 0 spiro atoms. The van der Waals surface area contributed by atoms with Crippen molar-refractivity contribution < 1.29 is 0 Å². The van der Waals surface area contributed by atoms with E-state index >= 15 is 0 Å². The molecular weight excluding hydrogens is 194 g/mol. The van der Waals surface area contributed by atoms with Crippen LogP contribution in [0.3, 0.4) is 0 Å². The summed E-state index contributed by atoms with van der Waals surface area (Å²) in [4.78, 5) is 0. The number of rotatable bonds is 0. The maximum absolute atomic E-state index is 2.75. The first-order valence-electron chi connectivity index (χ1n) is 5.61. The molecule has 0 saturated carbocycles. The highest BCUT2D eigenvalue weighted by atomic mass is 14.7. The Bertz CT molecular complexity index is 431. The quantitative estimate of drug-likeness (QED) is 0.602. The first kappa shape index (κ1) is 10.9. The van der Waals surface area contributed by atoms with Crippen molar-refractivity contribution in [3.05, 3.63) is 59.7 Å². The average Bonchev–Trinajstić information content (AvgIpc) is 2.68. The summed E-state index contributed by atoms with van der Waals surface area (Å²) in [5, 5.41) is 2.75. The number of benzene rings is 2. The monoisotopic (exact) mass is 211 g/mol. The van der Waals surface area contributed by atoms with Gasteiger partial charge in [0.15, 0.2) is 0 Å². The molecule has 0 atom stereocenters. The zero-order valence-corrected chi connectivity index (χ0v) is 9.83. The van der Waals surface area contributed by atoms with Crippen molar-refractivity contribution in [3.63, 3.8) is 0 Å². The standard InChI is InChI=1S/C13H10.C2H7N/c1-3-7-12-10(5-1)9-11-6-2-4-8-13(11)12;1-3-2/h1-8H,9H2;3H,1-2H3. The summed E-state index contributed by atoms with van der Waals surface area (Å²) in [6.45, 7) is 0. The van der Waals surface area contributed by atoms with Gasteiger partial charge in [-0.1, -0.05) is 48.5 Å². The number of fused-ring (bicyclic) bond motifs is 3. The molecule has 16 heavy (non-hydrogen) atoms. The zero-order chi connectivity index (χ0) is 11.4. The molecule has 0 radical (unpaired) electrons. The molecule has 1 aliphatic rings. The minimum Gasteiger partial charge on any atom is -0.323 e. The van der Waals surface area contributed by atoms with Crippen LogP contribution in [0.4, 0.5) is 0 Å². The number of hydrogen-bond donors (Lipinski definition) is 1. The lowest BCUT2D eigenvalue weighted by molar-refractivity contribution is 1.02. The van der Waals surface area contributed by atoms with Gasteiger partial charge in [-0.05, 0) is 42.8 Å². The largest absolute Gasteiger partial charge is 0.323 e. The highest BCUT2D eigenvalue weighted by molar-refractivity contribution is 5.76. The Balaban J connectivity index is 0.000000292. The Labute approximate surface area is 97.1 Å². The van der Waals surface area contributed by atoms with Gasteiger partial charge in [-0.3, -0.25) is 0 Å². The third-order valence-electron chi connectivity index (χ3n) is 2.71. The van der Waals surface area contributed by atoms with E-state index in [0.717, 1.165) is 6.42 Å². The Hall–Kier alpha value is -1.60. The van der Waals surface area contributed by atoms with E-state index in [1.807, 2.05) is 14.1 Å². The van der Waals surface area contributed by atoms with Gasteiger partial charge in [0.2, 0.25) is 0 Å². The molecule has 0 unspecified atom stereocenters. The molecule has 0 amide bonds. The van der Waals surface area contributed by atoms with Gasteiger partial charge in [-0.15, -0.1) is 0 Å². The minimum absolute atomic E-state index is 1.10.